The maximum atomic E-state index is 11.4. The van der Waals surface area contributed by atoms with Crippen LogP contribution < -0.4 is 5.32 Å². The van der Waals surface area contributed by atoms with Crippen LogP contribution in [0.15, 0.2) is 0 Å². The van der Waals surface area contributed by atoms with E-state index in [0.717, 1.165) is 23.7 Å². The van der Waals surface area contributed by atoms with Crippen LogP contribution in [0.1, 0.15) is 38.5 Å². The number of rotatable bonds is 2. The fourth-order valence-corrected chi connectivity index (χ4v) is 4.42. The van der Waals surface area contributed by atoms with E-state index in [2.05, 4.69) is 12.2 Å². The zero-order chi connectivity index (χ0) is 10.4. The molecule has 1 radical (unpaired) electrons. The van der Waals surface area contributed by atoms with Gasteiger partial charge in [0.25, 0.3) is 0 Å². The normalized spacial score (nSPS) is 46.9. The summed E-state index contributed by atoms with van der Waals surface area (Å²) in [6, 6.07) is 0.493. The molecule has 0 spiro atoms. The first kappa shape index (κ1) is 9.68. The molecular weight excluding hydrogens is 186 g/mol. The second kappa shape index (κ2) is 3.50. The van der Waals surface area contributed by atoms with Gasteiger partial charge in [0.1, 0.15) is 0 Å². The van der Waals surface area contributed by atoms with Crippen LogP contribution >= 0.6 is 0 Å². The highest BCUT2D eigenvalue weighted by Crippen LogP contribution is 2.53. The van der Waals surface area contributed by atoms with Crippen LogP contribution in [0.3, 0.4) is 0 Å². The third kappa shape index (κ3) is 1.58. The minimum Gasteiger partial charge on any atom is -0.353 e. The lowest BCUT2D eigenvalue weighted by atomic mass is 9.54. The van der Waals surface area contributed by atoms with E-state index in [-0.39, 0.29) is 5.91 Å². The Kier molecular flexibility index (Phi) is 2.26. The SMILES string of the molecule is [CH2]CC(=O)NC1C2CC3CC(C2)CC1C3. The third-order valence-electron chi connectivity index (χ3n) is 4.78. The van der Waals surface area contributed by atoms with Gasteiger partial charge in [-0.05, 0) is 62.7 Å². The van der Waals surface area contributed by atoms with Crippen molar-refractivity contribution in [3.63, 3.8) is 0 Å². The third-order valence-corrected chi connectivity index (χ3v) is 4.78. The Balaban J connectivity index is 1.72. The largest absolute Gasteiger partial charge is 0.353 e. The predicted octanol–water partition coefficient (Wildman–Crippen LogP) is 2.15. The Hall–Kier alpha value is -0.530. The summed E-state index contributed by atoms with van der Waals surface area (Å²) >= 11 is 0. The van der Waals surface area contributed by atoms with Crippen LogP contribution in [0, 0.1) is 30.6 Å². The molecule has 4 bridgehead atoms. The van der Waals surface area contributed by atoms with Gasteiger partial charge in [0, 0.05) is 12.5 Å². The molecule has 0 aromatic heterocycles. The van der Waals surface area contributed by atoms with E-state index in [9.17, 15) is 4.79 Å². The molecule has 0 aromatic carbocycles. The summed E-state index contributed by atoms with van der Waals surface area (Å²) in [6.45, 7) is 3.66. The van der Waals surface area contributed by atoms with Crippen molar-refractivity contribution in [3.05, 3.63) is 6.92 Å². The first-order valence-corrected chi connectivity index (χ1v) is 6.35. The number of hydrogen-bond acceptors (Lipinski definition) is 1. The maximum Gasteiger partial charge on any atom is 0.220 e. The van der Waals surface area contributed by atoms with Crippen LogP contribution in [-0.4, -0.2) is 11.9 Å². The topological polar surface area (TPSA) is 29.1 Å². The standard InChI is InChI=1S/C13H20NO/c1-2-12(15)14-13-10-4-8-3-9(6-10)7-11(13)5-8/h8-11,13H,1-7H2,(H,14,15). The minimum atomic E-state index is 0.146. The van der Waals surface area contributed by atoms with E-state index < -0.39 is 0 Å². The average molecular weight is 206 g/mol. The second-order valence-electron chi connectivity index (χ2n) is 5.77. The zero-order valence-electron chi connectivity index (χ0n) is 9.24. The molecule has 4 rings (SSSR count). The van der Waals surface area contributed by atoms with E-state index in [4.69, 9.17) is 0 Å². The molecule has 0 aliphatic heterocycles. The van der Waals surface area contributed by atoms with Crippen molar-refractivity contribution in [3.8, 4) is 0 Å². The highest BCUT2D eigenvalue weighted by molar-refractivity contribution is 5.76. The summed E-state index contributed by atoms with van der Waals surface area (Å²) < 4.78 is 0. The lowest BCUT2D eigenvalue weighted by Crippen LogP contribution is -2.55. The van der Waals surface area contributed by atoms with Crippen LogP contribution in [0.2, 0.25) is 0 Å². The first-order valence-electron chi connectivity index (χ1n) is 6.35. The Labute approximate surface area is 91.8 Å². The predicted molar refractivity (Wildman–Crippen MR) is 58.9 cm³/mol. The fraction of sp³-hybridized carbons (Fsp3) is 0.846. The van der Waals surface area contributed by atoms with Gasteiger partial charge in [-0.1, -0.05) is 0 Å². The van der Waals surface area contributed by atoms with Crippen LogP contribution in [0.5, 0.6) is 0 Å². The number of carbonyl (C=O) groups excluding carboxylic acids is 1. The van der Waals surface area contributed by atoms with Crippen molar-refractivity contribution in [2.24, 2.45) is 23.7 Å². The second-order valence-corrected chi connectivity index (χ2v) is 5.77. The zero-order valence-corrected chi connectivity index (χ0v) is 9.24. The van der Waals surface area contributed by atoms with E-state index in [0.29, 0.717) is 12.5 Å². The van der Waals surface area contributed by atoms with Gasteiger partial charge in [-0.25, -0.2) is 0 Å². The van der Waals surface area contributed by atoms with Crippen molar-refractivity contribution < 1.29 is 4.79 Å². The van der Waals surface area contributed by atoms with Crippen molar-refractivity contribution in [1.29, 1.82) is 0 Å². The van der Waals surface area contributed by atoms with Crippen LogP contribution in [0.4, 0.5) is 0 Å². The molecule has 1 amide bonds. The van der Waals surface area contributed by atoms with Gasteiger partial charge in [0.2, 0.25) is 5.91 Å². The van der Waals surface area contributed by atoms with Gasteiger partial charge in [-0.2, -0.15) is 0 Å². The molecule has 4 aliphatic carbocycles. The highest BCUT2D eigenvalue weighted by Gasteiger charge is 2.48. The molecule has 4 aliphatic rings. The Morgan fingerprint density at radius 3 is 2.07 bits per heavy atom. The summed E-state index contributed by atoms with van der Waals surface area (Å²) in [5, 5.41) is 3.21. The average Bonchev–Trinajstić information content (AvgIpc) is 2.22. The van der Waals surface area contributed by atoms with Crippen molar-refractivity contribution in [2.45, 2.75) is 44.6 Å². The van der Waals surface area contributed by atoms with E-state index in [1.165, 1.54) is 32.1 Å². The molecule has 2 heteroatoms. The van der Waals surface area contributed by atoms with Gasteiger partial charge >= 0.3 is 0 Å². The number of amides is 1. The smallest absolute Gasteiger partial charge is 0.220 e. The fourth-order valence-electron chi connectivity index (χ4n) is 4.42. The summed E-state index contributed by atoms with van der Waals surface area (Å²) in [6.07, 6.45) is 7.35. The van der Waals surface area contributed by atoms with E-state index in [1.807, 2.05) is 0 Å². The molecular formula is C13H20NO. The molecule has 0 aromatic rings. The van der Waals surface area contributed by atoms with Gasteiger partial charge < -0.3 is 5.32 Å². The van der Waals surface area contributed by atoms with Gasteiger partial charge in [-0.15, -0.1) is 0 Å². The molecule has 0 unspecified atom stereocenters. The number of hydrogen-bond donors (Lipinski definition) is 1. The highest BCUT2D eigenvalue weighted by atomic mass is 16.1. The molecule has 4 fully saturated rings. The lowest BCUT2D eigenvalue weighted by Gasteiger charge is -2.54. The van der Waals surface area contributed by atoms with Gasteiger partial charge in [0.05, 0.1) is 0 Å². The summed E-state index contributed by atoms with van der Waals surface area (Å²) in [5.41, 5.74) is 0. The van der Waals surface area contributed by atoms with Crippen molar-refractivity contribution in [1.82, 2.24) is 5.32 Å². The molecule has 0 saturated heterocycles. The van der Waals surface area contributed by atoms with Crippen LogP contribution in [-0.2, 0) is 4.79 Å². The number of nitrogens with one attached hydrogen (secondary N) is 1. The molecule has 0 atom stereocenters. The lowest BCUT2D eigenvalue weighted by molar-refractivity contribution is -0.124. The van der Waals surface area contributed by atoms with E-state index >= 15 is 0 Å². The van der Waals surface area contributed by atoms with Crippen LogP contribution in [0.25, 0.3) is 0 Å². The van der Waals surface area contributed by atoms with E-state index in [1.54, 1.807) is 0 Å². The van der Waals surface area contributed by atoms with Gasteiger partial charge in [0.15, 0.2) is 0 Å². The number of carbonyl (C=O) groups is 1. The quantitative estimate of drug-likeness (QED) is 0.737. The van der Waals surface area contributed by atoms with Crippen molar-refractivity contribution >= 4 is 5.91 Å². The molecule has 0 heterocycles. The molecule has 4 saturated carbocycles. The Bertz CT molecular complexity index is 246. The Morgan fingerprint density at radius 1 is 1.07 bits per heavy atom. The summed E-state index contributed by atoms with van der Waals surface area (Å²) in [4.78, 5) is 11.4. The molecule has 15 heavy (non-hydrogen) atoms. The summed E-state index contributed by atoms with van der Waals surface area (Å²) in [5.74, 6) is 3.70. The summed E-state index contributed by atoms with van der Waals surface area (Å²) in [7, 11) is 0. The minimum absolute atomic E-state index is 0.146. The molecule has 2 nitrogen and oxygen atoms in total. The molecule has 1 N–H and O–H groups in total. The monoisotopic (exact) mass is 206 g/mol. The Morgan fingerprint density at radius 2 is 1.60 bits per heavy atom. The van der Waals surface area contributed by atoms with Crippen molar-refractivity contribution in [2.75, 3.05) is 0 Å². The first-order chi connectivity index (χ1) is 7.26. The maximum absolute atomic E-state index is 11.4. The molecule has 83 valence electrons. The van der Waals surface area contributed by atoms with Gasteiger partial charge in [-0.3, -0.25) is 4.79 Å².